The largest absolute Gasteiger partial charge is 0.317 e. The number of benzene rings is 3. The van der Waals surface area contributed by atoms with Gasteiger partial charge in [-0.05, 0) is 48.9 Å². The van der Waals surface area contributed by atoms with Crippen LogP contribution in [0.2, 0.25) is 0 Å². The van der Waals surface area contributed by atoms with Crippen LogP contribution in [0.4, 0.5) is 14.5 Å². The second kappa shape index (κ2) is 9.36. The number of nitrogens with one attached hydrogen (secondary N) is 1. The van der Waals surface area contributed by atoms with Crippen LogP contribution in [-0.4, -0.2) is 25.2 Å². The van der Waals surface area contributed by atoms with E-state index in [2.05, 4.69) is 5.32 Å². The molecule has 0 aliphatic carbocycles. The number of carbonyl (C=O) groups excluding carboxylic acids is 1. The third-order valence-electron chi connectivity index (χ3n) is 4.79. The summed E-state index contributed by atoms with van der Waals surface area (Å²) in [6, 6.07) is 16.1. The van der Waals surface area contributed by atoms with E-state index in [-0.39, 0.29) is 23.5 Å². The molecular formula is C23H22F2N2O3S. The standard InChI is InChI=1S/C23H22F2N2O3S/c1-3-27(31(29,30)19-13-7-16(2)8-14-19)15-17-9-11-18(12-10-17)23(28)26-22-20(24)5-4-6-21(22)25/h4-14H,3,15H2,1-2H3,(H,26,28). The van der Waals surface area contributed by atoms with Gasteiger partial charge in [0.05, 0.1) is 4.90 Å². The summed E-state index contributed by atoms with van der Waals surface area (Å²) in [7, 11) is -3.67. The van der Waals surface area contributed by atoms with Crippen molar-refractivity contribution in [3.8, 4) is 0 Å². The molecule has 1 amide bonds. The summed E-state index contributed by atoms with van der Waals surface area (Å²) in [5.74, 6) is -2.41. The van der Waals surface area contributed by atoms with E-state index in [0.717, 1.165) is 17.7 Å². The van der Waals surface area contributed by atoms with Crippen LogP contribution in [0.5, 0.6) is 0 Å². The predicted molar refractivity (Wildman–Crippen MR) is 115 cm³/mol. The van der Waals surface area contributed by atoms with E-state index in [1.807, 2.05) is 6.92 Å². The lowest BCUT2D eigenvalue weighted by atomic mass is 10.1. The molecule has 0 radical (unpaired) electrons. The van der Waals surface area contributed by atoms with Gasteiger partial charge in [0.25, 0.3) is 5.91 Å². The van der Waals surface area contributed by atoms with E-state index in [1.165, 1.54) is 22.5 Å². The van der Waals surface area contributed by atoms with E-state index in [0.29, 0.717) is 5.56 Å². The first-order valence-corrected chi connectivity index (χ1v) is 11.1. The molecule has 0 fully saturated rings. The average Bonchev–Trinajstić information content (AvgIpc) is 2.75. The first-order chi connectivity index (χ1) is 14.7. The zero-order valence-electron chi connectivity index (χ0n) is 17.1. The highest BCUT2D eigenvalue weighted by Crippen LogP contribution is 2.21. The Morgan fingerprint density at radius 3 is 2.06 bits per heavy atom. The van der Waals surface area contributed by atoms with Crippen molar-refractivity contribution in [1.29, 1.82) is 0 Å². The third kappa shape index (κ3) is 5.15. The molecule has 8 heteroatoms. The fraction of sp³-hybridized carbons (Fsp3) is 0.174. The summed E-state index contributed by atoms with van der Waals surface area (Å²) in [4.78, 5) is 12.5. The highest BCUT2D eigenvalue weighted by Gasteiger charge is 2.23. The van der Waals surface area contributed by atoms with Crippen LogP contribution < -0.4 is 5.32 Å². The van der Waals surface area contributed by atoms with Crippen LogP contribution in [0.25, 0.3) is 0 Å². The number of amides is 1. The van der Waals surface area contributed by atoms with Gasteiger partial charge in [-0.2, -0.15) is 4.31 Å². The molecule has 0 bridgehead atoms. The molecule has 0 heterocycles. The van der Waals surface area contributed by atoms with Crippen LogP contribution >= 0.6 is 0 Å². The smallest absolute Gasteiger partial charge is 0.255 e. The monoisotopic (exact) mass is 444 g/mol. The molecule has 0 atom stereocenters. The molecule has 0 spiro atoms. The van der Waals surface area contributed by atoms with Crippen molar-refractivity contribution in [2.24, 2.45) is 0 Å². The summed E-state index contributed by atoms with van der Waals surface area (Å²) in [5.41, 5.74) is 1.31. The molecule has 3 aromatic rings. The van der Waals surface area contributed by atoms with E-state index in [4.69, 9.17) is 0 Å². The van der Waals surface area contributed by atoms with Gasteiger partial charge < -0.3 is 5.32 Å². The molecule has 0 saturated carbocycles. The molecule has 0 aliphatic heterocycles. The Balaban J connectivity index is 1.74. The first-order valence-electron chi connectivity index (χ1n) is 9.63. The number of anilines is 1. The Morgan fingerprint density at radius 2 is 1.52 bits per heavy atom. The van der Waals surface area contributed by atoms with Crippen LogP contribution in [0, 0.1) is 18.6 Å². The number of aryl methyl sites for hydroxylation is 1. The van der Waals surface area contributed by atoms with Crippen molar-refractivity contribution in [2.75, 3.05) is 11.9 Å². The normalized spacial score (nSPS) is 11.5. The van der Waals surface area contributed by atoms with Gasteiger partial charge in [-0.15, -0.1) is 0 Å². The lowest BCUT2D eigenvalue weighted by molar-refractivity contribution is 0.102. The fourth-order valence-corrected chi connectivity index (χ4v) is 4.43. The highest BCUT2D eigenvalue weighted by molar-refractivity contribution is 7.89. The molecule has 0 aromatic heterocycles. The summed E-state index contributed by atoms with van der Waals surface area (Å²) < 4.78 is 54.6. The molecule has 1 N–H and O–H groups in total. The second-order valence-electron chi connectivity index (χ2n) is 6.99. The first kappa shape index (κ1) is 22.6. The summed E-state index contributed by atoms with van der Waals surface area (Å²) >= 11 is 0. The maximum atomic E-state index is 13.7. The molecule has 0 saturated heterocycles. The molecular weight excluding hydrogens is 422 g/mol. The van der Waals surface area contributed by atoms with Crippen LogP contribution in [0.1, 0.15) is 28.4 Å². The van der Waals surface area contributed by atoms with Gasteiger partial charge >= 0.3 is 0 Å². The van der Waals surface area contributed by atoms with Crippen LogP contribution in [0.3, 0.4) is 0 Å². The number of sulfonamides is 1. The van der Waals surface area contributed by atoms with E-state index in [1.54, 1.807) is 43.3 Å². The summed E-state index contributed by atoms with van der Waals surface area (Å²) in [5, 5.41) is 2.22. The zero-order valence-corrected chi connectivity index (χ0v) is 17.9. The third-order valence-corrected chi connectivity index (χ3v) is 6.72. The van der Waals surface area contributed by atoms with Gasteiger partial charge in [0, 0.05) is 18.7 Å². The van der Waals surface area contributed by atoms with Gasteiger partial charge in [0.1, 0.15) is 17.3 Å². The quantitative estimate of drug-likeness (QED) is 0.573. The van der Waals surface area contributed by atoms with Gasteiger partial charge in [0.15, 0.2) is 0 Å². The zero-order chi connectivity index (χ0) is 22.6. The van der Waals surface area contributed by atoms with E-state index in [9.17, 15) is 22.0 Å². The van der Waals surface area contributed by atoms with Gasteiger partial charge in [-0.25, -0.2) is 17.2 Å². The SMILES string of the molecule is CCN(Cc1ccc(C(=O)Nc2c(F)cccc2F)cc1)S(=O)(=O)c1ccc(C)cc1. The Morgan fingerprint density at radius 1 is 0.935 bits per heavy atom. The second-order valence-corrected chi connectivity index (χ2v) is 8.93. The number of hydrogen-bond acceptors (Lipinski definition) is 3. The Kier molecular flexibility index (Phi) is 6.82. The summed E-state index contributed by atoms with van der Waals surface area (Å²) in [6.45, 7) is 4.02. The lowest BCUT2D eigenvalue weighted by Crippen LogP contribution is -2.30. The highest BCUT2D eigenvalue weighted by atomic mass is 32.2. The molecule has 5 nitrogen and oxygen atoms in total. The number of rotatable bonds is 7. The maximum absolute atomic E-state index is 13.7. The van der Waals surface area contributed by atoms with Crippen molar-refractivity contribution in [3.05, 3.63) is 95.1 Å². The minimum atomic E-state index is -3.67. The van der Waals surface area contributed by atoms with Crippen molar-refractivity contribution in [2.45, 2.75) is 25.3 Å². The minimum Gasteiger partial charge on any atom is -0.317 e. The van der Waals surface area contributed by atoms with Crippen molar-refractivity contribution >= 4 is 21.6 Å². The summed E-state index contributed by atoms with van der Waals surface area (Å²) in [6.07, 6.45) is 0. The molecule has 162 valence electrons. The number of carbonyl (C=O) groups is 1. The number of halogens is 2. The van der Waals surface area contributed by atoms with Crippen LogP contribution in [-0.2, 0) is 16.6 Å². The lowest BCUT2D eigenvalue weighted by Gasteiger charge is -2.21. The number of nitrogens with zero attached hydrogens (tertiary/aromatic N) is 1. The van der Waals surface area contributed by atoms with E-state index >= 15 is 0 Å². The van der Waals surface area contributed by atoms with Crippen molar-refractivity contribution < 1.29 is 22.0 Å². The van der Waals surface area contributed by atoms with Gasteiger partial charge in [0.2, 0.25) is 10.0 Å². The van der Waals surface area contributed by atoms with Crippen molar-refractivity contribution in [1.82, 2.24) is 4.31 Å². The topological polar surface area (TPSA) is 66.5 Å². The van der Waals surface area contributed by atoms with Crippen molar-refractivity contribution in [3.63, 3.8) is 0 Å². The number of hydrogen-bond donors (Lipinski definition) is 1. The Labute approximate surface area is 180 Å². The van der Waals surface area contributed by atoms with Gasteiger partial charge in [-0.3, -0.25) is 4.79 Å². The number of para-hydroxylation sites is 1. The molecule has 3 aromatic carbocycles. The molecule has 3 rings (SSSR count). The van der Waals surface area contributed by atoms with Gasteiger partial charge in [-0.1, -0.05) is 42.8 Å². The Bertz CT molecular complexity index is 1160. The molecule has 0 aliphatic rings. The molecule has 0 unspecified atom stereocenters. The minimum absolute atomic E-state index is 0.122. The average molecular weight is 445 g/mol. The fourth-order valence-electron chi connectivity index (χ4n) is 2.99. The maximum Gasteiger partial charge on any atom is 0.255 e. The molecule has 31 heavy (non-hydrogen) atoms. The van der Waals surface area contributed by atoms with E-state index < -0.39 is 33.3 Å². The Hall–Kier alpha value is -3.10. The predicted octanol–water partition coefficient (Wildman–Crippen LogP) is 4.74. The van der Waals surface area contributed by atoms with Crippen LogP contribution in [0.15, 0.2) is 71.6 Å².